The van der Waals surface area contributed by atoms with E-state index in [1.54, 1.807) is 11.8 Å². The molecule has 1 amide bonds. The molecule has 0 aliphatic heterocycles. The number of halogens is 2. The third kappa shape index (κ3) is 4.04. The van der Waals surface area contributed by atoms with E-state index in [9.17, 15) is 13.6 Å². The van der Waals surface area contributed by atoms with Crippen molar-refractivity contribution in [1.82, 2.24) is 9.88 Å². The molecule has 1 heterocycles. The zero-order chi connectivity index (χ0) is 15.1. The van der Waals surface area contributed by atoms with Gasteiger partial charge in [0.25, 0.3) is 0 Å². The van der Waals surface area contributed by atoms with Crippen LogP contribution in [0.3, 0.4) is 0 Å². The van der Waals surface area contributed by atoms with E-state index in [0.29, 0.717) is 19.6 Å². The fourth-order valence-corrected chi connectivity index (χ4v) is 1.73. The van der Waals surface area contributed by atoms with E-state index in [-0.39, 0.29) is 24.1 Å². The molecule has 0 aromatic carbocycles. The van der Waals surface area contributed by atoms with E-state index in [1.165, 1.54) is 0 Å². The maximum Gasteiger partial charge on any atom is 0.241 e. The van der Waals surface area contributed by atoms with Crippen molar-refractivity contribution < 1.29 is 13.6 Å². The molecule has 1 rings (SSSR count). The highest BCUT2D eigenvalue weighted by Gasteiger charge is 2.14. The van der Waals surface area contributed by atoms with Gasteiger partial charge in [0.2, 0.25) is 5.91 Å². The number of aromatic nitrogens is 1. The molecular formula is C13H20F2N4O. The first-order valence-electron chi connectivity index (χ1n) is 6.64. The summed E-state index contributed by atoms with van der Waals surface area (Å²) in [5.74, 6) is -1.92. The molecule has 0 unspecified atom stereocenters. The minimum atomic E-state index is -0.823. The molecule has 0 atom stereocenters. The van der Waals surface area contributed by atoms with E-state index in [1.807, 2.05) is 13.8 Å². The van der Waals surface area contributed by atoms with Gasteiger partial charge >= 0.3 is 0 Å². The summed E-state index contributed by atoms with van der Waals surface area (Å²) in [4.78, 5) is 17.2. The lowest BCUT2D eigenvalue weighted by Gasteiger charge is -2.19. The summed E-state index contributed by atoms with van der Waals surface area (Å²) in [5, 5.41) is 5.29. The number of hydrogen-bond donors (Lipinski definition) is 2. The number of rotatable bonds is 7. The Morgan fingerprint density at radius 1 is 1.15 bits per heavy atom. The highest BCUT2D eigenvalue weighted by Crippen LogP contribution is 2.18. The standard InChI is InChI=1S/C13H20F2N4O/c1-4-16-12-9(14)7-10(15)13(18-12)17-8-11(20)19(5-2)6-3/h7H,4-6,8H2,1-3H3,(H2,16,17,18). The lowest BCUT2D eigenvalue weighted by atomic mass is 10.3. The van der Waals surface area contributed by atoms with Crippen molar-refractivity contribution in [2.45, 2.75) is 20.8 Å². The maximum absolute atomic E-state index is 13.6. The Balaban J connectivity index is 2.77. The molecule has 0 spiro atoms. The molecule has 0 aliphatic rings. The molecule has 112 valence electrons. The van der Waals surface area contributed by atoms with Crippen LogP contribution in [0.2, 0.25) is 0 Å². The summed E-state index contributed by atoms with van der Waals surface area (Å²) >= 11 is 0. The molecule has 0 radical (unpaired) electrons. The van der Waals surface area contributed by atoms with Gasteiger partial charge in [-0.2, -0.15) is 0 Å². The maximum atomic E-state index is 13.6. The predicted molar refractivity (Wildman–Crippen MR) is 74.7 cm³/mol. The van der Waals surface area contributed by atoms with E-state index < -0.39 is 11.6 Å². The van der Waals surface area contributed by atoms with Gasteiger partial charge in [0.05, 0.1) is 6.54 Å². The second-order valence-electron chi connectivity index (χ2n) is 4.10. The number of carbonyl (C=O) groups excluding carboxylic acids is 1. The second kappa shape index (κ2) is 7.62. The zero-order valence-electron chi connectivity index (χ0n) is 12.0. The van der Waals surface area contributed by atoms with Crippen LogP contribution < -0.4 is 10.6 Å². The van der Waals surface area contributed by atoms with Crippen molar-refractivity contribution in [2.75, 3.05) is 36.8 Å². The molecule has 0 aliphatic carbocycles. The lowest BCUT2D eigenvalue weighted by Crippen LogP contribution is -2.35. The quantitative estimate of drug-likeness (QED) is 0.805. The average molecular weight is 286 g/mol. The van der Waals surface area contributed by atoms with Crippen molar-refractivity contribution in [3.63, 3.8) is 0 Å². The first-order chi connectivity index (χ1) is 9.53. The normalized spacial score (nSPS) is 10.2. The van der Waals surface area contributed by atoms with Crippen molar-refractivity contribution in [1.29, 1.82) is 0 Å². The Hall–Kier alpha value is -1.92. The Morgan fingerprint density at radius 2 is 1.70 bits per heavy atom. The van der Waals surface area contributed by atoms with Crippen LogP contribution in [-0.2, 0) is 4.79 Å². The SMILES string of the molecule is CCNc1nc(NCC(=O)N(CC)CC)c(F)cc1F. The van der Waals surface area contributed by atoms with Crippen molar-refractivity contribution in [3.8, 4) is 0 Å². The van der Waals surface area contributed by atoms with Gasteiger partial charge in [-0.1, -0.05) is 0 Å². The molecule has 7 heteroatoms. The van der Waals surface area contributed by atoms with Gasteiger partial charge in [-0.3, -0.25) is 4.79 Å². The summed E-state index contributed by atoms with van der Waals surface area (Å²) < 4.78 is 27.0. The first kappa shape index (κ1) is 16.1. The van der Waals surface area contributed by atoms with Crippen LogP contribution in [0.5, 0.6) is 0 Å². The highest BCUT2D eigenvalue weighted by atomic mass is 19.1. The van der Waals surface area contributed by atoms with E-state index >= 15 is 0 Å². The van der Waals surface area contributed by atoms with E-state index in [2.05, 4.69) is 15.6 Å². The molecule has 0 saturated carbocycles. The fourth-order valence-electron chi connectivity index (χ4n) is 1.73. The first-order valence-corrected chi connectivity index (χ1v) is 6.64. The monoisotopic (exact) mass is 286 g/mol. The highest BCUT2D eigenvalue weighted by molar-refractivity contribution is 5.80. The van der Waals surface area contributed by atoms with Crippen LogP contribution in [0, 0.1) is 11.6 Å². The topological polar surface area (TPSA) is 57.3 Å². The molecular weight excluding hydrogens is 266 g/mol. The number of likely N-dealkylation sites (N-methyl/N-ethyl adjacent to an activating group) is 1. The smallest absolute Gasteiger partial charge is 0.241 e. The van der Waals surface area contributed by atoms with Gasteiger partial charge in [-0.25, -0.2) is 13.8 Å². The van der Waals surface area contributed by atoms with Crippen LogP contribution in [-0.4, -0.2) is 42.0 Å². The number of carbonyl (C=O) groups is 1. The Bertz CT molecular complexity index is 464. The van der Waals surface area contributed by atoms with Gasteiger partial charge in [0, 0.05) is 25.7 Å². The summed E-state index contributed by atoms with van der Waals surface area (Å²) in [6.45, 7) is 7.05. The molecule has 5 nitrogen and oxygen atoms in total. The fraction of sp³-hybridized carbons (Fsp3) is 0.538. The molecule has 1 aromatic heterocycles. The Kier molecular flexibility index (Phi) is 6.14. The summed E-state index contributed by atoms with van der Waals surface area (Å²) in [5.41, 5.74) is 0. The van der Waals surface area contributed by atoms with Gasteiger partial charge in [-0.15, -0.1) is 0 Å². The van der Waals surface area contributed by atoms with Gasteiger partial charge in [0.15, 0.2) is 23.3 Å². The number of hydrogen-bond acceptors (Lipinski definition) is 4. The predicted octanol–water partition coefficient (Wildman–Crippen LogP) is 2.07. The van der Waals surface area contributed by atoms with Crippen LogP contribution in [0.1, 0.15) is 20.8 Å². The zero-order valence-corrected chi connectivity index (χ0v) is 12.0. The largest absolute Gasteiger partial charge is 0.368 e. The number of anilines is 2. The molecule has 0 bridgehead atoms. The van der Waals surface area contributed by atoms with Crippen LogP contribution in [0.25, 0.3) is 0 Å². The number of nitrogens with one attached hydrogen (secondary N) is 2. The van der Waals surface area contributed by atoms with Crippen molar-refractivity contribution in [3.05, 3.63) is 17.7 Å². The van der Waals surface area contributed by atoms with Crippen molar-refractivity contribution >= 4 is 17.5 Å². The molecule has 0 saturated heterocycles. The minimum absolute atomic E-state index is 0.0355. The van der Waals surface area contributed by atoms with Crippen molar-refractivity contribution in [2.24, 2.45) is 0 Å². The molecule has 2 N–H and O–H groups in total. The van der Waals surface area contributed by atoms with E-state index in [4.69, 9.17) is 0 Å². The van der Waals surface area contributed by atoms with Gasteiger partial charge < -0.3 is 15.5 Å². The number of pyridine rings is 1. The summed E-state index contributed by atoms with van der Waals surface area (Å²) in [6, 6.07) is 0.745. The number of nitrogens with zero attached hydrogens (tertiary/aromatic N) is 2. The minimum Gasteiger partial charge on any atom is -0.368 e. The molecule has 1 aromatic rings. The van der Waals surface area contributed by atoms with Gasteiger partial charge in [0.1, 0.15) is 0 Å². The Labute approximate surface area is 117 Å². The van der Waals surface area contributed by atoms with Crippen LogP contribution >= 0.6 is 0 Å². The summed E-state index contributed by atoms with van der Waals surface area (Å²) in [6.07, 6.45) is 0. The number of amides is 1. The summed E-state index contributed by atoms with van der Waals surface area (Å²) in [7, 11) is 0. The van der Waals surface area contributed by atoms with Gasteiger partial charge in [-0.05, 0) is 20.8 Å². The van der Waals surface area contributed by atoms with Crippen LogP contribution in [0.15, 0.2) is 6.07 Å². The molecule has 0 fully saturated rings. The van der Waals surface area contributed by atoms with E-state index in [0.717, 1.165) is 6.07 Å². The van der Waals surface area contributed by atoms with Crippen LogP contribution in [0.4, 0.5) is 20.4 Å². The second-order valence-corrected chi connectivity index (χ2v) is 4.10. The molecule has 20 heavy (non-hydrogen) atoms. The lowest BCUT2D eigenvalue weighted by molar-refractivity contribution is -0.128. The Morgan fingerprint density at radius 3 is 2.20 bits per heavy atom. The third-order valence-corrected chi connectivity index (χ3v) is 2.80. The average Bonchev–Trinajstić information content (AvgIpc) is 2.42. The third-order valence-electron chi connectivity index (χ3n) is 2.80.